The molecule has 0 N–H and O–H groups in total. The molecular formula is C14H6ClNO. The highest BCUT2D eigenvalue weighted by molar-refractivity contribution is 6.32. The van der Waals surface area contributed by atoms with Gasteiger partial charge in [-0.15, -0.1) is 0 Å². The molecule has 3 rings (SSSR count). The smallest absolute Gasteiger partial charge is 0.194 e. The molecule has 2 nitrogen and oxygen atoms in total. The number of fused-ring (bicyclic) bond motifs is 3. The Kier molecular flexibility index (Phi) is 2.04. The Morgan fingerprint density at radius 1 is 0.941 bits per heavy atom. The highest BCUT2D eigenvalue weighted by Gasteiger charge is 2.26. The van der Waals surface area contributed by atoms with Gasteiger partial charge in [0.15, 0.2) is 5.78 Å². The van der Waals surface area contributed by atoms with Gasteiger partial charge in [-0.05, 0) is 41.5 Å². The van der Waals surface area contributed by atoms with E-state index in [0.717, 1.165) is 11.1 Å². The third-order valence-electron chi connectivity index (χ3n) is 2.91. The molecule has 17 heavy (non-hydrogen) atoms. The van der Waals surface area contributed by atoms with Crippen molar-refractivity contribution in [3.05, 3.63) is 58.1 Å². The molecule has 1 aliphatic rings. The minimum atomic E-state index is -0.0259. The number of hydrogen-bond donors (Lipinski definition) is 0. The zero-order valence-electron chi connectivity index (χ0n) is 8.70. The molecule has 0 fully saturated rings. The third-order valence-corrected chi connectivity index (χ3v) is 3.14. The monoisotopic (exact) mass is 239 g/mol. The molecule has 0 radical (unpaired) electrons. The summed E-state index contributed by atoms with van der Waals surface area (Å²) in [5, 5.41) is 9.42. The lowest BCUT2D eigenvalue weighted by atomic mass is 10.0. The first-order chi connectivity index (χ1) is 8.20. The van der Waals surface area contributed by atoms with Crippen molar-refractivity contribution in [2.45, 2.75) is 0 Å². The quantitative estimate of drug-likeness (QED) is 0.603. The molecule has 0 saturated heterocycles. The lowest BCUT2D eigenvalue weighted by Crippen LogP contribution is -1.94. The number of carbonyl (C=O) groups is 1. The molecule has 0 unspecified atom stereocenters. The maximum atomic E-state index is 12.1. The van der Waals surface area contributed by atoms with Crippen LogP contribution >= 0.6 is 11.6 Å². The number of hydrogen-bond acceptors (Lipinski definition) is 2. The first-order valence-corrected chi connectivity index (χ1v) is 5.47. The average molecular weight is 240 g/mol. The Bertz CT molecular complexity index is 698. The molecule has 0 bridgehead atoms. The van der Waals surface area contributed by atoms with Crippen LogP contribution in [0, 0.1) is 11.3 Å². The number of ketones is 1. The lowest BCUT2D eigenvalue weighted by Gasteiger charge is -1.99. The lowest BCUT2D eigenvalue weighted by molar-refractivity contribution is 0.104. The van der Waals surface area contributed by atoms with E-state index < -0.39 is 0 Å². The number of nitrogens with zero attached hydrogens (tertiary/aromatic N) is 1. The summed E-state index contributed by atoms with van der Waals surface area (Å²) in [5.74, 6) is -0.0259. The molecule has 0 aliphatic heterocycles. The summed E-state index contributed by atoms with van der Waals surface area (Å²) in [6, 6.07) is 12.4. The van der Waals surface area contributed by atoms with Gasteiger partial charge in [-0.2, -0.15) is 5.26 Å². The average Bonchev–Trinajstić information content (AvgIpc) is 2.62. The van der Waals surface area contributed by atoms with Crippen molar-refractivity contribution in [2.75, 3.05) is 0 Å². The predicted molar refractivity (Wildman–Crippen MR) is 65.0 cm³/mol. The van der Waals surface area contributed by atoms with Crippen LogP contribution in [0.15, 0.2) is 36.4 Å². The molecular weight excluding hydrogens is 234 g/mol. The van der Waals surface area contributed by atoms with E-state index in [2.05, 4.69) is 6.07 Å². The van der Waals surface area contributed by atoms with E-state index >= 15 is 0 Å². The molecule has 0 amide bonds. The van der Waals surface area contributed by atoms with E-state index in [1.54, 1.807) is 30.3 Å². The molecule has 2 aromatic carbocycles. The van der Waals surface area contributed by atoms with E-state index in [1.165, 1.54) is 0 Å². The Labute approximate surface area is 103 Å². The number of halogens is 1. The van der Waals surface area contributed by atoms with E-state index in [0.29, 0.717) is 21.7 Å². The van der Waals surface area contributed by atoms with Gasteiger partial charge < -0.3 is 0 Å². The van der Waals surface area contributed by atoms with Crippen molar-refractivity contribution in [2.24, 2.45) is 0 Å². The van der Waals surface area contributed by atoms with Crippen LogP contribution in [0.1, 0.15) is 21.5 Å². The summed E-state index contributed by atoms with van der Waals surface area (Å²) in [7, 11) is 0. The van der Waals surface area contributed by atoms with Crippen molar-refractivity contribution in [3.8, 4) is 17.2 Å². The molecule has 2 aromatic rings. The predicted octanol–water partition coefficient (Wildman–Crippen LogP) is 3.42. The minimum absolute atomic E-state index is 0.0259. The van der Waals surface area contributed by atoms with Crippen LogP contribution < -0.4 is 0 Å². The topological polar surface area (TPSA) is 40.9 Å². The summed E-state index contributed by atoms with van der Waals surface area (Å²) in [6.45, 7) is 0. The first-order valence-electron chi connectivity index (χ1n) is 5.09. The van der Waals surface area contributed by atoms with Crippen LogP contribution in [-0.4, -0.2) is 5.78 Å². The summed E-state index contributed by atoms with van der Waals surface area (Å²) < 4.78 is 0. The summed E-state index contributed by atoms with van der Waals surface area (Å²) >= 11 is 5.89. The highest BCUT2D eigenvalue weighted by Crippen LogP contribution is 2.38. The SMILES string of the molecule is N#Cc1ccc2c(c1)-c1ccc(Cl)cc1C2=O. The van der Waals surface area contributed by atoms with Gasteiger partial charge in [0.2, 0.25) is 0 Å². The van der Waals surface area contributed by atoms with Crippen molar-refractivity contribution >= 4 is 17.4 Å². The van der Waals surface area contributed by atoms with Crippen LogP contribution in [0.3, 0.4) is 0 Å². The fourth-order valence-corrected chi connectivity index (χ4v) is 2.29. The molecule has 1 aliphatic carbocycles. The maximum absolute atomic E-state index is 12.1. The second kappa shape index (κ2) is 3.44. The van der Waals surface area contributed by atoms with Gasteiger partial charge in [0.05, 0.1) is 11.6 Å². The Balaban J connectivity index is 2.34. The Morgan fingerprint density at radius 3 is 2.47 bits per heavy atom. The second-order valence-electron chi connectivity index (χ2n) is 3.89. The maximum Gasteiger partial charge on any atom is 0.194 e. The van der Waals surface area contributed by atoms with Crippen LogP contribution in [0.2, 0.25) is 5.02 Å². The Hall–Kier alpha value is -2.11. The fraction of sp³-hybridized carbons (Fsp3) is 0. The zero-order chi connectivity index (χ0) is 12.0. The largest absolute Gasteiger partial charge is 0.289 e. The normalized spacial score (nSPS) is 11.9. The first kappa shape index (κ1) is 10.1. The number of benzene rings is 2. The molecule has 80 valence electrons. The standard InChI is InChI=1S/C14H6ClNO/c15-9-2-4-10-12-5-8(7-16)1-3-11(12)14(17)13(10)6-9/h1-6H. The zero-order valence-corrected chi connectivity index (χ0v) is 9.45. The van der Waals surface area contributed by atoms with Crippen molar-refractivity contribution in [3.63, 3.8) is 0 Å². The van der Waals surface area contributed by atoms with Crippen LogP contribution in [0.4, 0.5) is 0 Å². The highest BCUT2D eigenvalue weighted by atomic mass is 35.5. The van der Waals surface area contributed by atoms with Gasteiger partial charge in [0.1, 0.15) is 0 Å². The summed E-state index contributed by atoms with van der Waals surface area (Å²) in [4.78, 5) is 12.1. The second-order valence-corrected chi connectivity index (χ2v) is 4.33. The van der Waals surface area contributed by atoms with Crippen LogP contribution in [0.25, 0.3) is 11.1 Å². The molecule has 0 atom stereocenters. The van der Waals surface area contributed by atoms with E-state index in [9.17, 15) is 4.79 Å². The molecule has 0 aromatic heterocycles. The van der Waals surface area contributed by atoms with Gasteiger partial charge in [0, 0.05) is 16.1 Å². The van der Waals surface area contributed by atoms with Gasteiger partial charge in [-0.25, -0.2) is 0 Å². The van der Waals surface area contributed by atoms with Gasteiger partial charge in [-0.3, -0.25) is 4.79 Å². The van der Waals surface area contributed by atoms with Crippen LogP contribution in [0.5, 0.6) is 0 Å². The third kappa shape index (κ3) is 1.37. The minimum Gasteiger partial charge on any atom is -0.289 e. The van der Waals surface area contributed by atoms with Gasteiger partial charge in [0.25, 0.3) is 0 Å². The molecule has 3 heteroatoms. The Morgan fingerprint density at radius 2 is 1.71 bits per heavy atom. The molecule has 0 saturated carbocycles. The number of nitriles is 1. The molecule has 0 heterocycles. The van der Waals surface area contributed by atoms with E-state index in [-0.39, 0.29) is 5.78 Å². The number of carbonyl (C=O) groups excluding carboxylic acids is 1. The molecule has 0 spiro atoms. The van der Waals surface area contributed by atoms with Gasteiger partial charge >= 0.3 is 0 Å². The van der Waals surface area contributed by atoms with Crippen molar-refractivity contribution in [1.82, 2.24) is 0 Å². The summed E-state index contributed by atoms with van der Waals surface area (Å²) in [6.07, 6.45) is 0. The van der Waals surface area contributed by atoms with Gasteiger partial charge in [-0.1, -0.05) is 17.7 Å². The van der Waals surface area contributed by atoms with Crippen molar-refractivity contribution < 1.29 is 4.79 Å². The number of rotatable bonds is 0. The summed E-state index contributed by atoms with van der Waals surface area (Å²) in [5.41, 5.74) is 3.48. The van der Waals surface area contributed by atoms with Crippen LogP contribution in [-0.2, 0) is 0 Å². The van der Waals surface area contributed by atoms with E-state index in [4.69, 9.17) is 16.9 Å². The van der Waals surface area contributed by atoms with E-state index in [1.807, 2.05) is 6.07 Å². The fourth-order valence-electron chi connectivity index (χ4n) is 2.12. The van der Waals surface area contributed by atoms with Crippen molar-refractivity contribution in [1.29, 1.82) is 5.26 Å².